The maximum atomic E-state index is 12.8. The second-order valence-electron chi connectivity index (χ2n) is 11.6. The fraction of sp³-hybridized carbons (Fsp3) is 0.654. The van der Waals surface area contributed by atoms with Crippen LogP contribution in [0.1, 0.15) is 79.9 Å². The predicted molar refractivity (Wildman–Crippen MR) is 129 cm³/mol. The van der Waals surface area contributed by atoms with Crippen LogP contribution >= 0.6 is 0 Å². The van der Waals surface area contributed by atoms with Gasteiger partial charge < -0.3 is 9.84 Å². The number of benzene rings is 1. The first-order valence-corrected chi connectivity index (χ1v) is 11.3. The van der Waals surface area contributed by atoms with Crippen molar-refractivity contribution >= 4 is 17.0 Å². The molecule has 0 aliphatic heterocycles. The molecule has 5 nitrogen and oxygen atoms in total. The summed E-state index contributed by atoms with van der Waals surface area (Å²) < 4.78 is 7.22. The Balaban J connectivity index is 2.49. The largest absolute Gasteiger partial charge is 0.443 e. The van der Waals surface area contributed by atoms with E-state index in [1.807, 2.05) is 40.7 Å². The predicted octanol–water partition coefficient (Wildman–Crippen LogP) is 5.99. The summed E-state index contributed by atoms with van der Waals surface area (Å²) >= 11 is 0. The highest BCUT2D eigenvalue weighted by atomic mass is 16.6. The number of ether oxygens (including phenoxy) is 1. The Hall–Kier alpha value is -1.85. The Morgan fingerprint density at radius 2 is 1.74 bits per heavy atom. The van der Waals surface area contributed by atoms with E-state index in [0.717, 1.165) is 35.0 Å². The van der Waals surface area contributed by atoms with Crippen LogP contribution in [-0.2, 0) is 17.7 Å². The lowest BCUT2D eigenvalue weighted by Gasteiger charge is -2.35. The van der Waals surface area contributed by atoms with Crippen molar-refractivity contribution in [1.82, 2.24) is 9.47 Å². The second kappa shape index (κ2) is 8.95. The van der Waals surface area contributed by atoms with E-state index in [-0.39, 0.29) is 11.5 Å². The van der Waals surface area contributed by atoms with Crippen molar-refractivity contribution in [2.45, 2.75) is 98.9 Å². The van der Waals surface area contributed by atoms with E-state index >= 15 is 0 Å². The van der Waals surface area contributed by atoms with Crippen molar-refractivity contribution in [3.8, 4) is 0 Å². The third-order valence-electron chi connectivity index (χ3n) is 5.90. The Morgan fingerprint density at radius 1 is 1.13 bits per heavy atom. The minimum absolute atomic E-state index is 0.166. The van der Waals surface area contributed by atoms with Crippen molar-refractivity contribution < 1.29 is 14.6 Å². The fourth-order valence-corrected chi connectivity index (χ4v) is 3.68. The highest BCUT2D eigenvalue weighted by molar-refractivity contribution is 5.92. The van der Waals surface area contributed by atoms with Gasteiger partial charge in [0.15, 0.2) is 0 Å². The van der Waals surface area contributed by atoms with Crippen LogP contribution in [0.3, 0.4) is 0 Å². The van der Waals surface area contributed by atoms with E-state index in [1.54, 1.807) is 10.8 Å². The zero-order valence-electron chi connectivity index (χ0n) is 21.2. The first-order chi connectivity index (χ1) is 14.0. The molecule has 0 fully saturated rings. The Kier molecular flexibility index (Phi) is 7.34. The lowest BCUT2D eigenvalue weighted by Crippen LogP contribution is -2.38. The van der Waals surface area contributed by atoms with Crippen LogP contribution < -0.4 is 0 Å². The molecule has 1 atom stereocenters. The molecule has 1 unspecified atom stereocenters. The fourth-order valence-electron chi connectivity index (χ4n) is 3.68. The normalized spacial score (nSPS) is 14.3. The average molecular weight is 431 g/mol. The van der Waals surface area contributed by atoms with Gasteiger partial charge in [-0.2, -0.15) is 0 Å². The molecule has 0 saturated carbocycles. The lowest BCUT2D eigenvalue weighted by molar-refractivity contribution is 0.0544. The summed E-state index contributed by atoms with van der Waals surface area (Å²) in [6.07, 6.45) is 2.81. The molecule has 2 rings (SSSR count). The number of aliphatic hydroxyl groups is 1. The number of fused-ring (bicyclic) bond motifs is 1. The van der Waals surface area contributed by atoms with E-state index in [4.69, 9.17) is 4.74 Å². The monoisotopic (exact) mass is 430 g/mol. The molecule has 0 aliphatic rings. The van der Waals surface area contributed by atoms with Crippen LogP contribution in [0.25, 0.3) is 10.9 Å². The number of hydrogen-bond acceptors (Lipinski definition) is 4. The first kappa shape index (κ1) is 25.4. The zero-order valence-corrected chi connectivity index (χ0v) is 21.2. The molecular weight excluding hydrogens is 388 g/mol. The van der Waals surface area contributed by atoms with Gasteiger partial charge in [-0.15, -0.1) is 0 Å². The number of carbonyl (C=O) groups excluding carboxylic acids is 1. The highest BCUT2D eigenvalue weighted by Gasteiger charge is 2.25. The van der Waals surface area contributed by atoms with Gasteiger partial charge in [0.2, 0.25) is 0 Å². The van der Waals surface area contributed by atoms with E-state index < -0.39 is 11.2 Å². The van der Waals surface area contributed by atoms with E-state index in [0.29, 0.717) is 12.5 Å². The van der Waals surface area contributed by atoms with Crippen LogP contribution in [-0.4, -0.2) is 45.0 Å². The molecule has 0 amide bonds. The van der Waals surface area contributed by atoms with Gasteiger partial charge in [-0.25, -0.2) is 4.79 Å². The number of aryl methyl sites for hydroxylation is 1. The maximum absolute atomic E-state index is 12.8. The Morgan fingerprint density at radius 3 is 2.26 bits per heavy atom. The van der Waals surface area contributed by atoms with Gasteiger partial charge in [0.25, 0.3) is 0 Å². The molecule has 0 radical (unpaired) electrons. The molecule has 0 spiro atoms. The molecule has 1 aromatic heterocycles. The minimum Gasteiger partial charge on any atom is -0.443 e. The Labute approximate surface area is 188 Å². The summed E-state index contributed by atoms with van der Waals surface area (Å²) in [6.45, 7) is 19.1. The minimum atomic E-state index is -0.742. The van der Waals surface area contributed by atoms with Crippen molar-refractivity contribution in [1.29, 1.82) is 0 Å². The van der Waals surface area contributed by atoms with Gasteiger partial charge >= 0.3 is 6.09 Å². The van der Waals surface area contributed by atoms with Crippen molar-refractivity contribution in [3.05, 3.63) is 35.5 Å². The molecule has 0 saturated heterocycles. The summed E-state index contributed by atoms with van der Waals surface area (Å²) in [5.41, 5.74) is 2.02. The summed E-state index contributed by atoms with van der Waals surface area (Å²) in [7, 11) is 2.14. The molecule has 0 aliphatic carbocycles. The van der Waals surface area contributed by atoms with Crippen molar-refractivity contribution in [2.75, 3.05) is 7.05 Å². The molecule has 0 bridgehead atoms. The number of hydrogen-bond donors (Lipinski definition) is 1. The third-order valence-corrected chi connectivity index (χ3v) is 5.90. The molecule has 2 aromatic rings. The summed E-state index contributed by atoms with van der Waals surface area (Å²) in [5, 5.41) is 11.3. The Bertz CT molecular complexity index is 908. The van der Waals surface area contributed by atoms with Gasteiger partial charge in [0.05, 0.1) is 11.1 Å². The van der Waals surface area contributed by atoms with Crippen LogP contribution in [0.2, 0.25) is 0 Å². The molecule has 1 aromatic carbocycles. The molecule has 31 heavy (non-hydrogen) atoms. The molecule has 174 valence electrons. The topological polar surface area (TPSA) is 54.7 Å². The summed E-state index contributed by atoms with van der Waals surface area (Å²) in [5.74, 6) is 0. The van der Waals surface area contributed by atoms with Crippen LogP contribution in [0.4, 0.5) is 4.79 Å². The quantitative estimate of drug-likeness (QED) is 0.611. The van der Waals surface area contributed by atoms with Crippen LogP contribution in [0.5, 0.6) is 0 Å². The van der Waals surface area contributed by atoms with Gasteiger partial charge in [0, 0.05) is 24.2 Å². The number of rotatable bonds is 6. The first-order valence-electron chi connectivity index (χ1n) is 11.3. The maximum Gasteiger partial charge on any atom is 0.418 e. The summed E-state index contributed by atoms with van der Waals surface area (Å²) in [6, 6.07) is 6.68. The standard InChI is InChI=1S/C26H42N2O3/c1-18(24(2,3)4)27(10)17-19-15-20(11-13-26(8,9)30)21-12-14-28(22(21)16-19)23(29)31-25(5,6)7/h12,14-16,18,30H,11,13,17H2,1-10H3. The van der Waals surface area contributed by atoms with Gasteiger partial charge in [-0.3, -0.25) is 9.47 Å². The van der Waals surface area contributed by atoms with E-state index in [1.165, 1.54) is 0 Å². The zero-order chi connectivity index (χ0) is 23.8. The van der Waals surface area contributed by atoms with Crippen molar-refractivity contribution in [3.63, 3.8) is 0 Å². The van der Waals surface area contributed by atoms with E-state index in [2.05, 4.69) is 51.8 Å². The SMILES string of the molecule is CC(N(C)Cc1cc(CCC(C)(C)O)c2ccn(C(=O)OC(C)(C)C)c2c1)C(C)(C)C. The molecule has 5 heteroatoms. The number of carbonyl (C=O) groups is 1. The lowest BCUT2D eigenvalue weighted by atomic mass is 9.87. The van der Waals surface area contributed by atoms with Crippen molar-refractivity contribution in [2.24, 2.45) is 5.41 Å². The van der Waals surface area contributed by atoms with Gasteiger partial charge in [0.1, 0.15) is 5.60 Å². The van der Waals surface area contributed by atoms with Gasteiger partial charge in [-0.1, -0.05) is 26.8 Å². The average Bonchev–Trinajstić information content (AvgIpc) is 3.00. The van der Waals surface area contributed by atoms with Gasteiger partial charge in [-0.05, 0) is 90.1 Å². The number of aromatic nitrogens is 1. The third kappa shape index (κ3) is 7.08. The summed E-state index contributed by atoms with van der Waals surface area (Å²) in [4.78, 5) is 15.2. The number of nitrogens with zero attached hydrogens (tertiary/aromatic N) is 2. The molecule has 1 heterocycles. The van der Waals surface area contributed by atoms with Crippen LogP contribution in [0.15, 0.2) is 24.4 Å². The second-order valence-corrected chi connectivity index (χ2v) is 11.6. The van der Waals surface area contributed by atoms with Crippen LogP contribution in [0, 0.1) is 5.41 Å². The smallest absolute Gasteiger partial charge is 0.418 e. The molecule has 1 N–H and O–H groups in total. The highest BCUT2D eigenvalue weighted by Crippen LogP contribution is 2.29. The molecular formula is C26H42N2O3. The van der Waals surface area contributed by atoms with E-state index in [9.17, 15) is 9.90 Å².